The largest absolute Gasteiger partial charge is 0.484 e. The van der Waals surface area contributed by atoms with Crippen molar-refractivity contribution in [1.82, 2.24) is 10.1 Å². The van der Waals surface area contributed by atoms with E-state index in [0.29, 0.717) is 28.8 Å². The van der Waals surface area contributed by atoms with Crippen LogP contribution >= 0.6 is 11.6 Å². The highest BCUT2D eigenvalue weighted by Crippen LogP contribution is 2.16. The molecule has 1 heterocycles. The summed E-state index contributed by atoms with van der Waals surface area (Å²) in [5, 5.41) is 6.91. The van der Waals surface area contributed by atoms with Crippen LogP contribution in [0.3, 0.4) is 0 Å². The number of anilines is 1. The van der Waals surface area contributed by atoms with E-state index < -0.39 is 0 Å². The number of aromatic nitrogens is 1. The molecule has 140 valence electrons. The predicted octanol–water partition coefficient (Wildman–Crippen LogP) is 3.28. The number of amides is 2. The Hall–Kier alpha value is -2.54. The van der Waals surface area contributed by atoms with Gasteiger partial charge in [0, 0.05) is 17.1 Å². The SMILES string of the molecule is CCC(C)N(CC(=O)Nc1cc(C)on1)C(=O)COc1ccc(Cl)cc1. The van der Waals surface area contributed by atoms with Gasteiger partial charge in [-0.05, 0) is 44.5 Å². The van der Waals surface area contributed by atoms with Gasteiger partial charge in [-0.15, -0.1) is 0 Å². The Morgan fingerprint density at radius 1 is 1.35 bits per heavy atom. The van der Waals surface area contributed by atoms with Crippen LogP contribution in [0.5, 0.6) is 5.75 Å². The fourth-order valence-electron chi connectivity index (χ4n) is 2.23. The van der Waals surface area contributed by atoms with E-state index in [1.165, 1.54) is 4.90 Å². The molecule has 1 N–H and O–H groups in total. The number of aryl methyl sites for hydroxylation is 1. The first-order chi connectivity index (χ1) is 12.4. The summed E-state index contributed by atoms with van der Waals surface area (Å²) in [7, 11) is 0. The Labute approximate surface area is 157 Å². The van der Waals surface area contributed by atoms with Crippen molar-refractivity contribution in [2.75, 3.05) is 18.5 Å². The fourth-order valence-corrected chi connectivity index (χ4v) is 2.36. The fraction of sp³-hybridized carbons (Fsp3) is 0.389. The van der Waals surface area contributed by atoms with Gasteiger partial charge in [-0.3, -0.25) is 9.59 Å². The molecular formula is C18H22ClN3O4. The summed E-state index contributed by atoms with van der Waals surface area (Å²) in [6, 6.07) is 8.23. The lowest BCUT2D eigenvalue weighted by atomic mass is 10.2. The van der Waals surface area contributed by atoms with Crippen molar-refractivity contribution in [2.45, 2.75) is 33.2 Å². The summed E-state index contributed by atoms with van der Waals surface area (Å²) in [6.07, 6.45) is 0.711. The second-order valence-electron chi connectivity index (χ2n) is 5.89. The maximum Gasteiger partial charge on any atom is 0.261 e. The minimum absolute atomic E-state index is 0.0935. The summed E-state index contributed by atoms with van der Waals surface area (Å²) >= 11 is 5.82. The molecule has 0 spiro atoms. The van der Waals surface area contributed by atoms with Crippen molar-refractivity contribution in [3.63, 3.8) is 0 Å². The molecule has 1 aromatic heterocycles. The van der Waals surface area contributed by atoms with E-state index in [4.69, 9.17) is 20.9 Å². The summed E-state index contributed by atoms with van der Waals surface area (Å²) in [5.41, 5.74) is 0. The molecule has 0 aliphatic carbocycles. The van der Waals surface area contributed by atoms with Crippen LogP contribution in [0.2, 0.25) is 5.02 Å². The van der Waals surface area contributed by atoms with Crippen LogP contribution in [0, 0.1) is 6.92 Å². The number of benzene rings is 1. The third-order valence-corrected chi connectivity index (χ3v) is 4.08. The number of nitrogens with zero attached hydrogens (tertiary/aromatic N) is 2. The van der Waals surface area contributed by atoms with Gasteiger partial charge >= 0.3 is 0 Å². The smallest absolute Gasteiger partial charge is 0.261 e. The number of ether oxygens (including phenoxy) is 1. The Bertz CT molecular complexity index is 745. The van der Waals surface area contributed by atoms with Crippen molar-refractivity contribution < 1.29 is 18.8 Å². The molecule has 2 amide bonds. The second kappa shape index (κ2) is 9.24. The second-order valence-corrected chi connectivity index (χ2v) is 6.33. The topological polar surface area (TPSA) is 84.7 Å². The molecule has 0 saturated heterocycles. The first-order valence-electron chi connectivity index (χ1n) is 8.30. The molecule has 2 rings (SSSR count). The van der Waals surface area contributed by atoms with Gasteiger partial charge in [-0.25, -0.2) is 0 Å². The number of carbonyl (C=O) groups excluding carboxylic acids is 2. The Balaban J connectivity index is 1.95. The molecule has 8 heteroatoms. The zero-order valence-corrected chi connectivity index (χ0v) is 15.7. The monoisotopic (exact) mass is 379 g/mol. The predicted molar refractivity (Wildman–Crippen MR) is 98.3 cm³/mol. The third-order valence-electron chi connectivity index (χ3n) is 3.83. The van der Waals surface area contributed by atoms with E-state index in [9.17, 15) is 9.59 Å². The number of hydrogen-bond acceptors (Lipinski definition) is 5. The average Bonchev–Trinajstić information content (AvgIpc) is 3.03. The van der Waals surface area contributed by atoms with Crippen LogP contribution in [-0.4, -0.2) is 41.1 Å². The van der Waals surface area contributed by atoms with Crippen LogP contribution in [0.1, 0.15) is 26.0 Å². The van der Waals surface area contributed by atoms with E-state index >= 15 is 0 Å². The van der Waals surface area contributed by atoms with Gasteiger partial charge < -0.3 is 19.5 Å². The lowest BCUT2D eigenvalue weighted by Gasteiger charge is -2.27. The molecule has 1 atom stereocenters. The number of nitrogens with one attached hydrogen (secondary N) is 1. The van der Waals surface area contributed by atoms with Gasteiger partial charge in [-0.2, -0.15) is 0 Å². The van der Waals surface area contributed by atoms with E-state index in [1.807, 2.05) is 13.8 Å². The van der Waals surface area contributed by atoms with Crippen LogP contribution in [-0.2, 0) is 9.59 Å². The molecule has 0 saturated carbocycles. The molecule has 0 radical (unpaired) electrons. The van der Waals surface area contributed by atoms with E-state index in [2.05, 4.69) is 10.5 Å². The Morgan fingerprint density at radius 2 is 2.04 bits per heavy atom. The number of halogens is 1. The molecule has 26 heavy (non-hydrogen) atoms. The lowest BCUT2D eigenvalue weighted by molar-refractivity contribution is -0.138. The molecule has 0 fully saturated rings. The maximum atomic E-state index is 12.5. The summed E-state index contributed by atoms with van der Waals surface area (Å²) in [5.74, 6) is 0.821. The van der Waals surface area contributed by atoms with E-state index in [-0.39, 0.29) is 31.0 Å². The number of hydrogen-bond donors (Lipinski definition) is 1. The van der Waals surface area contributed by atoms with Gasteiger partial charge in [0.15, 0.2) is 12.4 Å². The molecule has 2 aromatic rings. The number of rotatable bonds is 8. The van der Waals surface area contributed by atoms with Crippen molar-refractivity contribution in [3.8, 4) is 5.75 Å². The highest BCUT2D eigenvalue weighted by molar-refractivity contribution is 6.30. The van der Waals surface area contributed by atoms with Crippen molar-refractivity contribution in [2.24, 2.45) is 0 Å². The van der Waals surface area contributed by atoms with Gasteiger partial charge in [0.05, 0.1) is 0 Å². The molecule has 7 nitrogen and oxygen atoms in total. The quantitative estimate of drug-likeness (QED) is 0.760. The first kappa shape index (κ1) is 19.8. The summed E-state index contributed by atoms with van der Waals surface area (Å²) in [4.78, 5) is 26.2. The number of carbonyl (C=O) groups is 2. The Morgan fingerprint density at radius 3 is 2.62 bits per heavy atom. The normalized spacial score (nSPS) is 11.7. The molecule has 0 aliphatic rings. The van der Waals surface area contributed by atoms with Gasteiger partial charge in [-0.1, -0.05) is 23.7 Å². The molecule has 0 aliphatic heterocycles. The first-order valence-corrected chi connectivity index (χ1v) is 8.67. The highest BCUT2D eigenvalue weighted by atomic mass is 35.5. The molecule has 1 aromatic carbocycles. The van der Waals surface area contributed by atoms with Gasteiger partial charge in [0.25, 0.3) is 5.91 Å². The molecule has 1 unspecified atom stereocenters. The van der Waals surface area contributed by atoms with E-state index in [0.717, 1.165) is 0 Å². The zero-order chi connectivity index (χ0) is 19.1. The maximum absolute atomic E-state index is 12.5. The van der Waals surface area contributed by atoms with Crippen molar-refractivity contribution in [1.29, 1.82) is 0 Å². The van der Waals surface area contributed by atoms with E-state index in [1.54, 1.807) is 37.3 Å². The standard InChI is InChI=1S/C18H22ClN3O4/c1-4-12(2)22(10-17(23)20-16-9-13(3)26-21-16)18(24)11-25-15-7-5-14(19)6-8-15/h5-9,12H,4,10-11H2,1-3H3,(H,20,21,23). The van der Waals surface area contributed by atoms with Crippen LogP contribution in [0.25, 0.3) is 0 Å². The summed E-state index contributed by atoms with van der Waals surface area (Å²) < 4.78 is 10.4. The van der Waals surface area contributed by atoms with Crippen LogP contribution in [0.4, 0.5) is 5.82 Å². The molecular weight excluding hydrogens is 358 g/mol. The van der Waals surface area contributed by atoms with Crippen LogP contribution in [0.15, 0.2) is 34.9 Å². The molecule has 0 bridgehead atoms. The zero-order valence-electron chi connectivity index (χ0n) is 15.0. The van der Waals surface area contributed by atoms with Gasteiger partial charge in [0.2, 0.25) is 5.91 Å². The minimum Gasteiger partial charge on any atom is -0.484 e. The third kappa shape index (κ3) is 5.77. The van der Waals surface area contributed by atoms with Crippen molar-refractivity contribution >= 4 is 29.2 Å². The van der Waals surface area contributed by atoms with Crippen LogP contribution < -0.4 is 10.1 Å². The Kier molecular flexibility index (Phi) is 7.03. The summed E-state index contributed by atoms with van der Waals surface area (Å²) in [6.45, 7) is 5.30. The lowest BCUT2D eigenvalue weighted by Crippen LogP contribution is -2.45. The van der Waals surface area contributed by atoms with Crippen molar-refractivity contribution in [3.05, 3.63) is 41.1 Å². The average molecular weight is 380 g/mol. The minimum atomic E-state index is -0.349. The highest BCUT2D eigenvalue weighted by Gasteiger charge is 2.22. The van der Waals surface area contributed by atoms with Gasteiger partial charge in [0.1, 0.15) is 18.1 Å².